The van der Waals surface area contributed by atoms with Gasteiger partial charge in [0.2, 0.25) is 0 Å². The van der Waals surface area contributed by atoms with E-state index in [-0.39, 0.29) is 10.8 Å². The summed E-state index contributed by atoms with van der Waals surface area (Å²) in [5, 5.41) is 0. The third kappa shape index (κ3) is 4.98. The standard InChI is InChI=1S/C26H29O3P/c1-25(2,3)20-14-10-18(11-15-20)22-8-7-9-23(29-30(27)28)24(22)19-12-16-21(17-13-19)26(4,5)6/h7-17H,1-6H3/p+1. The lowest BCUT2D eigenvalue weighted by Gasteiger charge is -2.21. The van der Waals surface area contributed by atoms with Gasteiger partial charge in [-0.25, -0.2) is 4.52 Å². The van der Waals surface area contributed by atoms with Crippen molar-refractivity contribution in [3.8, 4) is 28.0 Å². The molecule has 0 spiro atoms. The molecule has 0 heterocycles. The highest BCUT2D eigenvalue weighted by atomic mass is 31.1. The van der Waals surface area contributed by atoms with Crippen LogP contribution in [0, 0.1) is 0 Å². The molecular weight excluding hydrogens is 391 g/mol. The Balaban J connectivity index is 2.16. The first kappa shape index (κ1) is 22.2. The Bertz CT molecular complexity index is 1040. The molecule has 0 aliphatic carbocycles. The molecule has 0 saturated heterocycles. The Morgan fingerprint density at radius 3 is 1.60 bits per heavy atom. The van der Waals surface area contributed by atoms with Crippen LogP contribution in [-0.2, 0) is 15.4 Å². The van der Waals surface area contributed by atoms with Crippen LogP contribution in [0.15, 0.2) is 66.7 Å². The second-order valence-corrected chi connectivity index (χ2v) is 10.3. The summed E-state index contributed by atoms with van der Waals surface area (Å²) in [4.78, 5) is 9.40. The fourth-order valence-corrected chi connectivity index (χ4v) is 3.84. The van der Waals surface area contributed by atoms with Gasteiger partial charge in [-0.15, -0.1) is 4.89 Å². The molecule has 3 nitrogen and oxygen atoms in total. The molecule has 0 aliphatic heterocycles. The second-order valence-electron chi connectivity index (χ2n) is 9.66. The van der Waals surface area contributed by atoms with Crippen LogP contribution in [-0.4, -0.2) is 4.89 Å². The molecule has 0 fully saturated rings. The van der Waals surface area contributed by atoms with Gasteiger partial charge in [0, 0.05) is 10.1 Å². The maximum atomic E-state index is 11.5. The van der Waals surface area contributed by atoms with Gasteiger partial charge in [0.05, 0.1) is 0 Å². The third-order valence-electron chi connectivity index (χ3n) is 5.30. The zero-order chi connectivity index (χ0) is 22.1. The van der Waals surface area contributed by atoms with Crippen LogP contribution in [0.1, 0.15) is 52.7 Å². The van der Waals surface area contributed by atoms with Crippen molar-refractivity contribution in [3.63, 3.8) is 0 Å². The Morgan fingerprint density at radius 2 is 1.17 bits per heavy atom. The summed E-state index contributed by atoms with van der Waals surface area (Å²) in [6, 6.07) is 22.4. The van der Waals surface area contributed by atoms with Gasteiger partial charge in [-0.1, -0.05) is 102 Å². The van der Waals surface area contributed by atoms with Crippen LogP contribution in [0.25, 0.3) is 22.3 Å². The average Bonchev–Trinajstić information content (AvgIpc) is 2.66. The molecule has 4 heteroatoms. The molecule has 0 amide bonds. The first-order valence-corrected chi connectivity index (χ1v) is 11.3. The van der Waals surface area contributed by atoms with Crippen molar-refractivity contribution in [1.29, 1.82) is 0 Å². The quantitative estimate of drug-likeness (QED) is 0.440. The molecule has 3 rings (SSSR count). The molecule has 0 aliphatic rings. The van der Waals surface area contributed by atoms with Crippen LogP contribution in [0.3, 0.4) is 0 Å². The van der Waals surface area contributed by atoms with Crippen molar-refractivity contribution in [1.82, 2.24) is 0 Å². The lowest BCUT2D eigenvalue weighted by molar-refractivity contribution is 0.411. The SMILES string of the molecule is CC(C)(C)c1ccc(-c2cccc(O[P+](=O)O)c2-c2ccc(C(C)(C)C)cc2)cc1. The maximum Gasteiger partial charge on any atom is 0.747 e. The summed E-state index contributed by atoms with van der Waals surface area (Å²) in [5.74, 6) is 0.402. The van der Waals surface area contributed by atoms with Gasteiger partial charge in [0.25, 0.3) is 0 Å². The molecule has 0 radical (unpaired) electrons. The van der Waals surface area contributed by atoms with Crippen molar-refractivity contribution >= 4 is 8.25 Å². The van der Waals surface area contributed by atoms with Gasteiger partial charge in [0.15, 0.2) is 5.75 Å². The molecule has 1 atom stereocenters. The number of benzene rings is 3. The summed E-state index contributed by atoms with van der Waals surface area (Å²) in [5.41, 5.74) is 6.38. The van der Waals surface area contributed by atoms with Gasteiger partial charge in [-0.05, 0) is 44.7 Å². The van der Waals surface area contributed by atoms with E-state index in [4.69, 9.17) is 4.52 Å². The molecular formula is C26H30O3P+. The minimum Gasteiger partial charge on any atom is -0.229 e. The summed E-state index contributed by atoms with van der Waals surface area (Å²) >= 11 is 0. The molecule has 1 unspecified atom stereocenters. The fraction of sp³-hybridized carbons (Fsp3) is 0.308. The van der Waals surface area contributed by atoms with Crippen LogP contribution in [0.4, 0.5) is 0 Å². The minimum atomic E-state index is -2.76. The number of hydrogen-bond donors (Lipinski definition) is 1. The van der Waals surface area contributed by atoms with E-state index < -0.39 is 8.25 Å². The Labute approximate surface area is 180 Å². The smallest absolute Gasteiger partial charge is 0.229 e. The van der Waals surface area contributed by atoms with Crippen molar-refractivity contribution in [2.75, 3.05) is 0 Å². The number of hydrogen-bond acceptors (Lipinski definition) is 2. The highest BCUT2D eigenvalue weighted by Gasteiger charge is 2.23. The van der Waals surface area contributed by atoms with E-state index in [1.165, 1.54) is 11.1 Å². The zero-order valence-corrected chi connectivity index (χ0v) is 19.5. The molecule has 0 bridgehead atoms. The van der Waals surface area contributed by atoms with Crippen molar-refractivity contribution in [2.24, 2.45) is 0 Å². The average molecular weight is 421 g/mol. The lowest BCUT2D eigenvalue weighted by Crippen LogP contribution is -2.10. The van der Waals surface area contributed by atoms with E-state index in [2.05, 4.69) is 90.1 Å². The van der Waals surface area contributed by atoms with Gasteiger partial charge in [-0.2, -0.15) is 0 Å². The highest BCUT2D eigenvalue weighted by Crippen LogP contribution is 2.42. The first-order valence-electron chi connectivity index (χ1n) is 10.2. The summed E-state index contributed by atoms with van der Waals surface area (Å²) < 4.78 is 16.8. The van der Waals surface area contributed by atoms with E-state index in [1.54, 1.807) is 6.07 Å². The Kier molecular flexibility index (Phi) is 6.17. The van der Waals surface area contributed by atoms with E-state index in [0.29, 0.717) is 5.75 Å². The van der Waals surface area contributed by atoms with E-state index in [9.17, 15) is 9.46 Å². The Morgan fingerprint density at radius 1 is 0.700 bits per heavy atom. The Hall–Kier alpha value is -2.48. The second kappa shape index (κ2) is 8.34. The third-order valence-corrected chi connectivity index (χ3v) is 5.66. The van der Waals surface area contributed by atoms with Crippen molar-refractivity contribution < 1.29 is 14.0 Å². The molecule has 1 N–H and O–H groups in total. The van der Waals surface area contributed by atoms with Gasteiger partial charge in [-0.3, -0.25) is 0 Å². The van der Waals surface area contributed by atoms with Gasteiger partial charge in [0.1, 0.15) is 0 Å². The predicted octanol–water partition coefficient (Wildman–Crippen LogP) is 7.64. The van der Waals surface area contributed by atoms with Gasteiger partial charge >= 0.3 is 8.25 Å². The lowest BCUT2D eigenvalue weighted by atomic mass is 9.84. The molecule has 0 saturated carbocycles. The molecule has 30 heavy (non-hydrogen) atoms. The minimum absolute atomic E-state index is 0.0502. The van der Waals surface area contributed by atoms with Crippen molar-refractivity contribution in [2.45, 2.75) is 52.4 Å². The van der Waals surface area contributed by atoms with Gasteiger partial charge < -0.3 is 0 Å². The van der Waals surface area contributed by atoms with E-state index in [1.807, 2.05) is 12.1 Å². The van der Waals surface area contributed by atoms with Crippen LogP contribution in [0.2, 0.25) is 0 Å². The monoisotopic (exact) mass is 421 g/mol. The summed E-state index contributed by atoms with van der Waals surface area (Å²) in [6.45, 7) is 13.1. The predicted molar refractivity (Wildman–Crippen MR) is 125 cm³/mol. The van der Waals surface area contributed by atoms with Crippen LogP contribution >= 0.6 is 8.25 Å². The highest BCUT2D eigenvalue weighted by molar-refractivity contribution is 7.32. The van der Waals surface area contributed by atoms with Crippen molar-refractivity contribution in [3.05, 3.63) is 77.9 Å². The largest absolute Gasteiger partial charge is 0.747 e. The first-order chi connectivity index (χ1) is 14.0. The van der Waals surface area contributed by atoms with Crippen LogP contribution < -0.4 is 4.52 Å². The maximum absolute atomic E-state index is 11.5. The van der Waals surface area contributed by atoms with E-state index in [0.717, 1.165) is 22.3 Å². The zero-order valence-electron chi connectivity index (χ0n) is 18.6. The number of rotatable bonds is 4. The molecule has 3 aromatic carbocycles. The summed E-state index contributed by atoms with van der Waals surface area (Å²) in [6.07, 6.45) is 0. The molecule has 3 aromatic rings. The summed E-state index contributed by atoms with van der Waals surface area (Å²) in [7, 11) is -2.76. The van der Waals surface area contributed by atoms with Crippen LogP contribution in [0.5, 0.6) is 5.75 Å². The molecule has 0 aromatic heterocycles. The van der Waals surface area contributed by atoms with E-state index >= 15 is 0 Å². The molecule has 156 valence electrons. The fourth-order valence-electron chi connectivity index (χ4n) is 3.52. The topological polar surface area (TPSA) is 46.5 Å². The normalized spacial score (nSPS) is 12.6.